The van der Waals surface area contributed by atoms with Crippen LogP contribution in [0.2, 0.25) is 5.02 Å². The molecule has 1 unspecified atom stereocenters. The molecule has 0 bridgehead atoms. The van der Waals surface area contributed by atoms with Crippen molar-refractivity contribution in [1.29, 1.82) is 0 Å². The van der Waals surface area contributed by atoms with Gasteiger partial charge in [0.25, 0.3) is 0 Å². The Labute approximate surface area is 108 Å². The van der Waals surface area contributed by atoms with E-state index in [4.69, 9.17) is 17.3 Å². The van der Waals surface area contributed by atoms with Gasteiger partial charge in [0.05, 0.1) is 10.6 Å². The first-order chi connectivity index (χ1) is 8.18. The fourth-order valence-electron chi connectivity index (χ4n) is 1.58. The molecule has 1 rings (SSSR count). The summed E-state index contributed by atoms with van der Waals surface area (Å²) in [6.45, 7) is 3.58. The van der Waals surface area contributed by atoms with E-state index in [-0.39, 0.29) is 11.5 Å². The molecular formula is C12H14ClF4N. The first-order valence-corrected chi connectivity index (χ1v) is 5.88. The van der Waals surface area contributed by atoms with Gasteiger partial charge in [-0.3, -0.25) is 0 Å². The van der Waals surface area contributed by atoms with E-state index in [1.807, 2.05) is 6.92 Å². The highest BCUT2D eigenvalue weighted by Crippen LogP contribution is 2.36. The minimum Gasteiger partial charge on any atom is -0.324 e. The van der Waals surface area contributed by atoms with Gasteiger partial charge in [-0.1, -0.05) is 31.9 Å². The van der Waals surface area contributed by atoms with E-state index in [0.717, 1.165) is 6.07 Å². The van der Waals surface area contributed by atoms with Gasteiger partial charge < -0.3 is 5.73 Å². The van der Waals surface area contributed by atoms with Gasteiger partial charge in [0.1, 0.15) is 5.82 Å². The van der Waals surface area contributed by atoms with Crippen LogP contribution in [0.25, 0.3) is 0 Å². The van der Waals surface area contributed by atoms with Gasteiger partial charge >= 0.3 is 6.18 Å². The largest absolute Gasteiger partial charge is 0.416 e. The van der Waals surface area contributed by atoms with Crippen LogP contribution in [0.1, 0.15) is 37.4 Å². The van der Waals surface area contributed by atoms with Gasteiger partial charge in [-0.15, -0.1) is 0 Å². The zero-order valence-electron chi connectivity index (χ0n) is 9.98. The summed E-state index contributed by atoms with van der Waals surface area (Å²) in [7, 11) is 0. The van der Waals surface area contributed by atoms with Crippen molar-refractivity contribution in [1.82, 2.24) is 0 Å². The van der Waals surface area contributed by atoms with Gasteiger partial charge in [0.2, 0.25) is 0 Å². The molecule has 0 aromatic heterocycles. The van der Waals surface area contributed by atoms with E-state index < -0.39 is 28.6 Å². The second-order valence-electron chi connectivity index (χ2n) is 4.27. The number of benzene rings is 1. The lowest BCUT2D eigenvalue weighted by atomic mass is 9.92. The van der Waals surface area contributed by atoms with Crippen molar-refractivity contribution in [2.24, 2.45) is 11.7 Å². The molecule has 0 fully saturated rings. The Hall–Kier alpha value is -0.810. The number of alkyl halides is 3. The maximum atomic E-state index is 13.7. The normalized spacial score (nSPS) is 15.6. The van der Waals surface area contributed by atoms with Gasteiger partial charge in [0, 0.05) is 11.6 Å². The maximum Gasteiger partial charge on any atom is 0.416 e. The molecule has 0 saturated heterocycles. The standard InChI is InChI=1S/C12H14ClF4N/c1-3-6(2)11(18)8-4-7(12(15,16)17)5-9(13)10(8)14/h4-6,11H,3,18H2,1-2H3/t6?,11-/m0/s1. The Morgan fingerprint density at radius 1 is 1.33 bits per heavy atom. The second kappa shape index (κ2) is 5.45. The summed E-state index contributed by atoms with van der Waals surface area (Å²) in [4.78, 5) is 0. The molecular weight excluding hydrogens is 270 g/mol. The van der Waals surface area contributed by atoms with Crippen LogP contribution in [0.3, 0.4) is 0 Å². The molecule has 1 aromatic carbocycles. The molecule has 2 atom stereocenters. The summed E-state index contributed by atoms with van der Waals surface area (Å²) < 4.78 is 51.5. The summed E-state index contributed by atoms with van der Waals surface area (Å²) in [6, 6.07) is 0.497. The zero-order chi connectivity index (χ0) is 14.1. The zero-order valence-corrected chi connectivity index (χ0v) is 10.7. The molecule has 2 N–H and O–H groups in total. The summed E-state index contributed by atoms with van der Waals surface area (Å²) in [5, 5.41) is -0.557. The highest BCUT2D eigenvalue weighted by molar-refractivity contribution is 6.30. The predicted octanol–water partition coefficient (Wildman–Crippen LogP) is 4.54. The summed E-state index contributed by atoms with van der Waals surface area (Å²) in [5.41, 5.74) is 4.59. The SMILES string of the molecule is CCC(C)[C@H](N)c1cc(C(F)(F)F)cc(Cl)c1F. The quantitative estimate of drug-likeness (QED) is 0.810. The predicted molar refractivity (Wildman–Crippen MR) is 62.8 cm³/mol. The maximum absolute atomic E-state index is 13.7. The highest BCUT2D eigenvalue weighted by atomic mass is 35.5. The van der Waals surface area contributed by atoms with E-state index in [9.17, 15) is 17.6 Å². The molecule has 0 aliphatic rings. The number of halogens is 5. The van der Waals surface area contributed by atoms with Gasteiger partial charge in [-0.25, -0.2) is 4.39 Å². The smallest absolute Gasteiger partial charge is 0.324 e. The third-order valence-electron chi connectivity index (χ3n) is 3.00. The second-order valence-corrected chi connectivity index (χ2v) is 4.68. The van der Waals surface area contributed by atoms with Crippen molar-refractivity contribution in [3.05, 3.63) is 34.1 Å². The fraction of sp³-hybridized carbons (Fsp3) is 0.500. The first-order valence-electron chi connectivity index (χ1n) is 5.50. The molecule has 6 heteroatoms. The van der Waals surface area contributed by atoms with Crippen molar-refractivity contribution < 1.29 is 17.6 Å². The third kappa shape index (κ3) is 3.14. The molecule has 1 aromatic rings. The molecule has 1 nitrogen and oxygen atoms in total. The van der Waals surface area contributed by atoms with Crippen LogP contribution >= 0.6 is 11.6 Å². The van der Waals surface area contributed by atoms with Crippen LogP contribution in [0.5, 0.6) is 0 Å². The summed E-state index contributed by atoms with van der Waals surface area (Å²) in [5.74, 6) is -1.02. The Morgan fingerprint density at radius 2 is 1.89 bits per heavy atom. The monoisotopic (exact) mass is 283 g/mol. The highest BCUT2D eigenvalue weighted by Gasteiger charge is 2.33. The topological polar surface area (TPSA) is 26.0 Å². The van der Waals surface area contributed by atoms with E-state index in [1.165, 1.54) is 0 Å². The van der Waals surface area contributed by atoms with Crippen LogP contribution in [0.4, 0.5) is 17.6 Å². The molecule has 0 saturated carbocycles. The molecule has 18 heavy (non-hydrogen) atoms. The van der Waals surface area contributed by atoms with Gasteiger partial charge in [-0.05, 0) is 18.1 Å². The van der Waals surface area contributed by atoms with Crippen molar-refractivity contribution in [3.63, 3.8) is 0 Å². The fourth-order valence-corrected chi connectivity index (χ4v) is 1.80. The van der Waals surface area contributed by atoms with Gasteiger partial charge in [-0.2, -0.15) is 13.2 Å². The number of rotatable bonds is 3. The van der Waals surface area contributed by atoms with Crippen LogP contribution in [-0.2, 0) is 6.18 Å². The van der Waals surface area contributed by atoms with Crippen LogP contribution in [0, 0.1) is 11.7 Å². The van der Waals surface area contributed by atoms with Crippen molar-refractivity contribution in [3.8, 4) is 0 Å². The Bertz CT molecular complexity index is 431. The Morgan fingerprint density at radius 3 is 2.33 bits per heavy atom. The van der Waals surface area contributed by atoms with Crippen molar-refractivity contribution >= 4 is 11.6 Å². The minimum absolute atomic E-state index is 0.140. The summed E-state index contributed by atoms with van der Waals surface area (Å²) in [6.07, 6.45) is -3.93. The number of hydrogen-bond acceptors (Lipinski definition) is 1. The molecule has 0 aliphatic carbocycles. The van der Waals surface area contributed by atoms with Crippen LogP contribution < -0.4 is 5.73 Å². The molecule has 0 heterocycles. The lowest BCUT2D eigenvalue weighted by Gasteiger charge is -2.21. The third-order valence-corrected chi connectivity index (χ3v) is 3.27. The lowest BCUT2D eigenvalue weighted by Crippen LogP contribution is -2.21. The van der Waals surface area contributed by atoms with Crippen LogP contribution in [0.15, 0.2) is 12.1 Å². The average Bonchev–Trinajstić information content (AvgIpc) is 2.29. The molecule has 0 radical (unpaired) electrons. The summed E-state index contributed by atoms with van der Waals surface area (Å²) >= 11 is 5.49. The van der Waals surface area contributed by atoms with Crippen molar-refractivity contribution in [2.75, 3.05) is 0 Å². The Kier molecular flexibility index (Phi) is 4.61. The Balaban J connectivity index is 3.31. The minimum atomic E-state index is -4.57. The lowest BCUT2D eigenvalue weighted by molar-refractivity contribution is -0.137. The van der Waals surface area contributed by atoms with Crippen LogP contribution in [-0.4, -0.2) is 0 Å². The molecule has 102 valence electrons. The molecule has 0 amide bonds. The van der Waals surface area contributed by atoms with E-state index in [0.29, 0.717) is 12.5 Å². The number of hydrogen-bond donors (Lipinski definition) is 1. The van der Waals surface area contributed by atoms with E-state index >= 15 is 0 Å². The average molecular weight is 284 g/mol. The van der Waals surface area contributed by atoms with E-state index in [2.05, 4.69) is 0 Å². The van der Waals surface area contributed by atoms with Crippen molar-refractivity contribution in [2.45, 2.75) is 32.5 Å². The number of nitrogens with two attached hydrogens (primary N) is 1. The van der Waals surface area contributed by atoms with Gasteiger partial charge in [0.15, 0.2) is 0 Å². The molecule has 0 aliphatic heterocycles. The first kappa shape index (κ1) is 15.2. The molecule has 0 spiro atoms. The van der Waals surface area contributed by atoms with E-state index in [1.54, 1.807) is 6.92 Å².